The summed E-state index contributed by atoms with van der Waals surface area (Å²) in [5.41, 5.74) is 1.81. The molecule has 0 spiro atoms. The Morgan fingerprint density at radius 3 is 2.35 bits per heavy atom. The highest BCUT2D eigenvalue weighted by Crippen LogP contribution is 2.08. The lowest BCUT2D eigenvalue weighted by Gasteiger charge is -2.11. The van der Waals surface area contributed by atoms with E-state index in [1.54, 1.807) is 27.0 Å². The number of hydrogen-bond acceptors (Lipinski definition) is 3. The van der Waals surface area contributed by atoms with Gasteiger partial charge in [0.2, 0.25) is 10.0 Å². The van der Waals surface area contributed by atoms with Crippen molar-refractivity contribution in [3.05, 3.63) is 48.0 Å². The van der Waals surface area contributed by atoms with Gasteiger partial charge in [-0.3, -0.25) is 4.99 Å². The number of guanidine groups is 1. The monoisotopic (exact) mass is 338 g/mol. The summed E-state index contributed by atoms with van der Waals surface area (Å²) in [5.74, 6) is 0.680. The molecule has 1 aromatic rings. The van der Waals surface area contributed by atoms with Crippen molar-refractivity contribution in [2.24, 2.45) is 4.99 Å². The van der Waals surface area contributed by atoms with Gasteiger partial charge in [0.25, 0.3) is 0 Å². The van der Waals surface area contributed by atoms with Gasteiger partial charge in [-0.1, -0.05) is 30.3 Å². The van der Waals surface area contributed by atoms with Crippen LogP contribution in [-0.2, 0) is 22.3 Å². The van der Waals surface area contributed by atoms with Crippen LogP contribution in [0.15, 0.2) is 41.9 Å². The van der Waals surface area contributed by atoms with Gasteiger partial charge in [-0.05, 0) is 25.0 Å². The van der Waals surface area contributed by atoms with E-state index < -0.39 is 10.0 Å². The van der Waals surface area contributed by atoms with E-state index in [-0.39, 0.29) is 11.8 Å². The smallest absolute Gasteiger partial charge is 0.216 e. The Bertz CT molecular complexity index is 622. The summed E-state index contributed by atoms with van der Waals surface area (Å²) in [4.78, 5) is 4.09. The molecule has 0 fully saturated rings. The van der Waals surface area contributed by atoms with E-state index in [0.29, 0.717) is 19.0 Å². The molecule has 0 bridgehead atoms. The van der Waals surface area contributed by atoms with Crippen LogP contribution in [0, 0.1) is 0 Å². The molecule has 6 nitrogen and oxygen atoms in total. The van der Waals surface area contributed by atoms with Crippen LogP contribution in [-0.4, -0.2) is 34.0 Å². The normalized spacial score (nSPS) is 12.3. The molecule has 1 rings (SSSR count). The van der Waals surface area contributed by atoms with Crippen molar-refractivity contribution >= 4 is 16.0 Å². The Morgan fingerprint density at radius 2 is 1.83 bits per heavy atom. The van der Waals surface area contributed by atoms with E-state index in [1.165, 1.54) is 0 Å². The first-order chi connectivity index (χ1) is 10.9. The topological polar surface area (TPSA) is 82.6 Å². The van der Waals surface area contributed by atoms with Gasteiger partial charge in [0.05, 0.1) is 5.75 Å². The zero-order chi connectivity index (χ0) is 17.3. The molecule has 0 saturated heterocycles. The standard InChI is InChI=1S/C16H26N4O2S/c1-5-10-18-16(17-4)19-11-14-6-8-15(9-7-14)12-23(21,22)20-13(2)3/h5-9,13,20H,1,10-12H2,2-4H3,(H2,17,18,19). The van der Waals surface area contributed by atoms with Crippen molar-refractivity contribution in [2.75, 3.05) is 13.6 Å². The van der Waals surface area contributed by atoms with Gasteiger partial charge < -0.3 is 10.6 Å². The molecule has 0 atom stereocenters. The average Bonchev–Trinajstić information content (AvgIpc) is 2.47. The molecule has 0 aromatic heterocycles. The predicted molar refractivity (Wildman–Crippen MR) is 95.7 cm³/mol. The highest BCUT2D eigenvalue weighted by atomic mass is 32.2. The summed E-state index contributed by atoms with van der Waals surface area (Å²) in [7, 11) is -1.59. The second-order valence-corrected chi connectivity index (χ2v) is 7.20. The molecule has 0 saturated carbocycles. The number of benzene rings is 1. The van der Waals surface area contributed by atoms with Gasteiger partial charge >= 0.3 is 0 Å². The first kappa shape index (κ1) is 19.2. The SMILES string of the molecule is C=CCNC(=NC)NCc1ccc(CS(=O)(=O)NC(C)C)cc1. The lowest BCUT2D eigenvalue weighted by atomic mass is 10.1. The van der Waals surface area contributed by atoms with Crippen LogP contribution >= 0.6 is 0 Å². The highest BCUT2D eigenvalue weighted by molar-refractivity contribution is 7.88. The Labute approximate surface area is 139 Å². The van der Waals surface area contributed by atoms with Gasteiger partial charge in [-0.25, -0.2) is 13.1 Å². The van der Waals surface area contributed by atoms with Crippen molar-refractivity contribution in [1.82, 2.24) is 15.4 Å². The number of nitrogens with one attached hydrogen (secondary N) is 3. The molecule has 128 valence electrons. The number of nitrogens with zero attached hydrogens (tertiary/aromatic N) is 1. The molecule has 0 radical (unpaired) electrons. The molecular weight excluding hydrogens is 312 g/mol. The van der Waals surface area contributed by atoms with Crippen LogP contribution in [0.1, 0.15) is 25.0 Å². The largest absolute Gasteiger partial charge is 0.353 e. The summed E-state index contributed by atoms with van der Waals surface area (Å²) in [6, 6.07) is 7.38. The second-order valence-electron chi connectivity index (χ2n) is 5.44. The Kier molecular flexibility index (Phi) is 7.77. The van der Waals surface area contributed by atoms with E-state index >= 15 is 0 Å². The quantitative estimate of drug-likeness (QED) is 0.380. The zero-order valence-electron chi connectivity index (χ0n) is 14.0. The fourth-order valence-corrected chi connectivity index (χ4v) is 3.38. The molecule has 7 heteroatoms. The first-order valence-corrected chi connectivity index (χ1v) is 9.14. The number of sulfonamides is 1. The Morgan fingerprint density at radius 1 is 1.22 bits per heavy atom. The lowest BCUT2D eigenvalue weighted by molar-refractivity contribution is 0.569. The third-order valence-electron chi connectivity index (χ3n) is 2.89. The van der Waals surface area contributed by atoms with Gasteiger partial charge in [0.1, 0.15) is 0 Å². The summed E-state index contributed by atoms with van der Waals surface area (Å²) < 4.78 is 26.4. The maximum Gasteiger partial charge on any atom is 0.216 e. The number of hydrogen-bond donors (Lipinski definition) is 3. The van der Waals surface area contributed by atoms with E-state index in [2.05, 4.69) is 26.9 Å². The molecule has 0 amide bonds. The van der Waals surface area contributed by atoms with Crippen molar-refractivity contribution in [3.8, 4) is 0 Å². The van der Waals surface area contributed by atoms with E-state index in [0.717, 1.165) is 11.1 Å². The van der Waals surface area contributed by atoms with Crippen LogP contribution in [0.4, 0.5) is 0 Å². The van der Waals surface area contributed by atoms with Crippen molar-refractivity contribution < 1.29 is 8.42 Å². The molecule has 0 unspecified atom stereocenters. The van der Waals surface area contributed by atoms with Gasteiger partial charge in [-0.2, -0.15) is 0 Å². The zero-order valence-corrected chi connectivity index (χ0v) is 14.8. The van der Waals surface area contributed by atoms with Gasteiger partial charge in [-0.15, -0.1) is 6.58 Å². The van der Waals surface area contributed by atoms with Crippen molar-refractivity contribution in [1.29, 1.82) is 0 Å². The minimum absolute atomic E-state index is 0.0125. The summed E-state index contributed by atoms with van der Waals surface area (Å²) in [5, 5.41) is 6.26. The predicted octanol–water partition coefficient (Wildman–Crippen LogP) is 1.37. The van der Waals surface area contributed by atoms with Gasteiger partial charge in [0.15, 0.2) is 5.96 Å². The average molecular weight is 338 g/mol. The van der Waals surface area contributed by atoms with E-state index in [9.17, 15) is 8.42 Å². The maximum atomic E-state index is 11.9. The molecule has 1 aromatic carbocycles. The number of rotatable bonds is 8. The fourth-order valence-electron chi connectivity index (χ4n) is 1.95. The first-order valence-electron chi connectivity index (χ1n) is 7.49. The van der Waals surface area contributed by atoms with Crippen molar-refractivity contribution in [3.63, 3.8) is 0 Å². The van der Waals surface area contributed by atoms with Crippen LogP contribution in [0.5, 0.6) is 0 Å². The van der Waals surface area contributed by atoms with Crippen molar-refractivity contribution in [2.45, 2.75) is 32.2 Å². The molecule has 23 heavy (non-hydrogen) atoms. The Balaban J connectivity index is 2.58. The molecular formula is C16H26N4O2S. The summed E-state index contributed by atoms with van der Waals surface area (Å²) in [6.45, 7) is 8.50. The summed E-state index contributed by atoms with van der Waals surface area (Å²) in [6.07, 6.45) is 1.76. The molecule has 3 N–H and O–H groups in total. The summed E-state index contributed by atoms with van der Waals surface area (Å²) >= 11 is 0. The third kappa shape index (κ3) is 7.80. The van der Waals surface area contributed by atoms with E-state index in [1.807, 2.05) is 24.3 Å². The molecule has 0 aliphatic carbocycles. The molecule has 0 heterocycles. The highest BCUT2D eigenvalue weighted by Gasteiger charge is 2.12. The van der Waals surface area contributed by atoms with Crippen LogP contribution in [0.2, 0.25) is 0 Å². The fraction of sp³-hybridized carbons (Fsp3) is 0.438. The van der Waals surface area contributed by atoms with Crippen LogP contribution in [0.3, 0.4) is 0 Å². The number of aliphatic imine (C=N–C) groups is 1. The van der Waals surface area contributed by atoms with E-state index in [4.69, 9.17) is 0 Å². The van der Waals surface area contributed by atoms with Crippen LogP contribution < -0.4 is 15.4 Å². The Hall–Kier alpha value is -1.86. The molecule has 0 aliphatic rings. The third-order valence-corrected chi connectivity index (χ3v) is 4.44. The molecule has 0 aliphatic heterocycles. The second kappa shape index (κ2) is 9.32. The minimum Gasteiger partial charge on any atom is -0.353 e. The maximum absolute atomic E-state index is 11.9. The van der Waals surface area contributed by atoms with Gasteiger partial charge in [0, 0.05) is 26.2 Å². The minimum atomic E-state index is -3.29. The van der Waals surface area contributed by atoms with Crippen LogP contribution in [0.25, 0.3) is 0 Å². The lowest BCUT2D eigenvalue weighted by Crippen LogP contribution is -2.36.